The van der Waals surface area contributed by atoms with Crippen LogP contribution in [-0.2, 0) is 4.79 Å². The molecule has 3 heteroatoms. The van der Waals surface area contributed by atoms with E-state index in [2.05, 4.69) is 37.9 Å². The lowest BCUT2D eigenvalue weighted by Crippen LogP contribution is -2.46. The van der Waals surface area contributed by atoms with Crippen molar-refractivity contribution in [2.45, 2.75) is 90.9 Å². The molecule has 0 bridgehead atoms. The van der Waals surface area contributed by atoms with Gasteiger partial charge in [0.25, 0.3) is 0 Å². The zero-order chi connectivity index (χ0) is 14.7. The summed E-state index contributed by atoms with van der Waals surface area (Å²) in [5.41, 5.74) is 0. The molecule has 1 aliphatic heterocycles. The summed E-state index contributed by atoms with van der Waals surface area (Å²) in [6.07, 6.45) is 8.35. The van der Waals surface area contributed by atoms with Gasteiger partial charge in [-0.1, -0.05) is 47.0 Å². The van der Waals surface area contributed by atoms with E-state index >= 15 is 0 Å². The van der Waals surface area contributed by atoms with Crippen molar-refractivity contribution in [2.24, 2.45) is 11.8 Å². The first-order valence-corrected chi connectivity index (χ1v) is 8.72. The van der Waals surface area contributed by atoms with Crippen LogP contribution in [0.2, 0.25) is 0 Å². The van der Waals surface area contributed by atoms with E-state index in [1.807, 2.05) is 0 Å². The maximum absolute atomic E-state index is 12.8. The molecule has 1 saturated carbocycles. The van der Waals surface area contributed by atoms with Crippen LogP contribution in [0.5, 0.6) is 0 Å². The van der Waals surface area contributed by atoms with Crippen LogP contribution in [-0.4, -0.2) is 29.1 Å². The van der Waals surface area contributed by atoms with Crippen molar-refractivity contribution < 1.29 is 4.79 Å². The molecule has 5 unspecified atom stereocenters. The SMILES string of the molecule is CCCCC1NC(CC)N(C2CCC(CC)C2C)C1=O. The summed E-state index contributed by atoms with van der Waals surface area (Å²) in [5.74, 6) is 1.84. The van der Waals surface area contributed by atoms with Crippen LogP contribution in [0.25, 0.3) is 0 Å². The molecule has 0 aromatic heterocycles. The van der Waals surface area contributed by atoms with Crippen LogP contribution in [0.4, 0.5) is 0 Å². The van der Waals surface area contributed by atoms with E-state index in [1.54, 1.807) is 0 Å². The second-order valence-corrected chi connectivity index (χ2v) is 6.70. The lowest BCUT2D eigenvalue weighted by molar-refractivity contribution is -0.133. The lowest BCUT2D eigenvalue weighted by atomic mass is 9.92. The Bertz CT molecular complexity index is 331. The molecule has 2 rings (SSSR count). The number of carbonyl (C=O) groups excluding carboxylic acids is 1. The highest BCUT2D eigenvalue weighted by molar-refractivity contribution is 5.84. The van der Waals surface area contributed by atoms with Gasteiger partial charge >= 0.3 is 0 Å². The largest absolute Gasteiger partial charge is 0.323 e. The standard InChI is InChI=1S/C17H32N2O/c1-5-8-9-14-17(20)19(16(7-3)18-14)15-11-10-13(6-2)12(15)4/h12-16,18H,5-11H2,1-4H3. The number of carbonyl (C=O) groups is 1. The fraction of sp³-hybridized carbons (Fsp3) is 0.941. The average molecular weight is 280 g/mol. The normalized spacial score (nSPS) is 37.9. The first-order chi connectivity index (χ1) is 9.63. The Morgan fingerprint density at radius 1 is 1.20 bits per heavy atom. The van der Waals surface area contributed by atoms with E-state index in [1.165, 1.54) is 25.7 Å². The Kier molecular flexibility index (Phi) is 5.48. The van der Waals surface area contributed by atoms with Gasteiger partial charge in [0.1, 0.15) is 0 Å². The van der Waals surface area contributed by atoms with Gasteiger partial charge in [-0.2, -0.15) is 0 Å². The fourth-order valence-electron chi connectivity index (χ4n) is 4.23. The quantitative estimate of drug-likeness (QED) is 0.807. The van der Waals surface area contributed by atoms with Crippen molar-refractivity contribution in [1.29, 1.82) is 0 Å². The minimum Gasteiger partial charge on any atom is -0.323 e. The minimum atomic E-state index is 0.0766. The predicted molar refractivity (Wildman–Crippen MR) is 83.3 cm³/mol. The molecular formula is C17H32N2O. The number of hydrogen-bond donors (Lipinski definition) is 1. The van der Waals surface area contributed by atoms with E-state index in [9.17, 15) is 4.79 Å². The van der Waals surface area contributed by atoms with Crippen LogP contribution in [0.3, 0.4) is 0 Å². The highest BCUT2D eigenvalue weighted by Gasteiger charge is 2.45. The summed E-state index contributed by atoms with van der Waals surface area (Å²) >= 11 is 0. The molecule has 3 nitrogen and oxygen atoms in total. The zero-order valence-electron chi connectivity index (χ0n) is 13.7. The summed E-state index contributed by atoms with van der Waals surface area (Å²) in [6, 6.07) is 0.546. The number of nitrogens with zero attached hydrogens (tertiary/aromatic N) is 1. The second-order valence-electron chi connectivity index (χ2n) is 6.70. The van der Waals surface area contributed by atoms with Crippen LogP contribution in [0.15, 0.2) is 0 Å². The molecule has 1 heterocycles. The van der Waals surface area contributed by atoms with Gasteiger partial charge in [-0.25, -0.2) is 0 Å². The molecule has 1 amide bonds. The van der Waals surface area contributed by atoms with Crippen molar-refractivity contribution in [2.75, 3.05) is 0 Å². The molecule has 116 valence electrons. The Morgan fingerprint density at radius 2 is 1.95 bits per heavy atom. The topological polar surface area (TPSA) is 32.3 Å². The third kappa shape index (κ3) is 2.88. The molecular weight excluding hydrogens is 248 g/mol. The van der Waals surface area contributed by atoms with E-state index in [0.29, 0.717) is 17.9 Å². The van der Waals surface area contributed by atoms with Crippen molar-refractivity contribution in [3.63, 3.8) is 0 Å². The fourth-order valence-corrected chi connectivity index (χ4v) is 4.23. The summed E-state index contributed by atoms with van der Waals surface area (Å²) in [4.78, 5) is 15.0. The maximum Gasteiger partial charge on any atom is 0.241 e. The van der Waals surface area contributed by atoms with Gasteiger partial charge in [0, 0.05) is 6.04 Å². The molecule has 20 heavy (non-hydrogen) atoms. The van der Waals surface area contributed by atoms with E-state index in [-0.39, 0.29) is 12.2 Å². The summed E-state index contributed by atoms with van der Waals surface area (Å²) < 4.78 is 0. The molecule has 1 saturated heterocycles. The van der Waals surface area contributed by atoms with E-state index in [4.69, 9.17) is 0 Å². The van der Waals surface area contributed by atoms with E-state index in [0.717, 1.165) is 25.2 Å². The first-order valence-electron chi connectivity index (χ1n) is 8.72. The first kappa shape index (κ1) is 15.8. The van der Waals surface area contributed by atoms with Crippen LogP contribution < -0.4 is 5.32 Å². The number of hydrogen-bond acceptors (Lipinski definition) is 2. The van der Waals surface area contributed by atoms with Crippen molar-refractivity contribution in [1.82, 2.24) is 10.2 Å². The van der Waals surface area contributed by atoms with Crippen LogP contribution >= 0.6 is 0 Å². The highest BCUT2D eigenvalue weighted by atomic mass is 16.2. The van der Waals surface area contributed by atoms with E-state index < -0.39 is 0 Å². The molecule has 5 atom stereocenters. The van der Waals surface area contributed by atoms with Crippen molar-refractivity contribution in [3.05, 3.63) is 0 Å². The van der Waals surface area contributed by atoms with Gasteiger partial charge < -0.3 is 4.90 Å². The smallest absolute Gasteiger partial charge is 0.241 e. The molecule has 1 aliphatic carbocycles. The van der Waals surface area contributed by atoms with Gasteiger partial charge in [0.15, 0.2) is 0 Å². The number of nitrogens with one attached hydrogen (secondary N) is 1. The van der Waals surface area contributed by atoms with Gasteiger partial charge in [-0.15, -0.1) is 0 Å². The Morgan fingerprint density at radius 3 is 2.50 bits per heavy atom. The molecule has 1 N–H and O–H groups in total. The predicted octanol–water partition coefficient (Wildman–Crippen LogP) is 3.54. The molecule has 0 spiro atoms. The maximum atomic E-state index is 12.8. The summed E-state index contributed by atoms with van der Waals surface area (Å²) in [7, 11) is 0. The van der Waals surface area contributed by atoms with Gasteiger partial charge in [-0.3, -0.25) is 10.1 Å². The number of rotatable bonds is 6. The molecule has 0 aromatic rings. The second kappa shape index (κ2) is 6.93. The third-order valence-electron chi connectivity index (χ3n) is 5.58. The third-order valence-corrected chi connectivity index (χ3v) is 5.58. The molecule has 2 fully saturated rings. The molecule has 0 aromatic carbocycles. The van der Waals surface area contributed by atoms with Gasteiger partial charge in [0.2, 0.25) is 5.91 Å². The number of amides is 1. The highest BCUT2D eigenvalue weighted by Crippen LogP contribution is 2.39. The Hall–Kier alpha value is -0.570. The molecule has 0 radical (unpaired) electrons. The van der Waals surface area contributed by atoms with Gasteiger partial charge in [0.05, 0.1) is 12.2 Å². The van der Waals surface area contributed by atoms with Crippen molar-refractivity contribution in [3.8, 4) is 0 Å². The van der Waals surface area contributed by atoms with Crippen LogP contribution in [0, 0.1) is 11.8 Å². The van der Waals surface area contributed by atoms with Crippen molar-refractivity contribution >= 4 is 5.91 Å². The monoisotopic (exact) mass is 280 g/mol. The lowest BCUT2D eigenvalue weighted by Gasteiger charge is -2.33. The minimum absolute atomic E-state index is 0.0766. The average Bonchev–Trinajstić information content (AvgIpc) is 2.96. The Labute approximate surface area is 124 Å². The van der Waals surface area contributed by atoms with Crippen LogP contribution in [0.1, 0.15) is 72.6 Å². The van der Waals surface area contributed by atoms with Gasteiger partial charge in [-0.05, 0) is 37.5 Å². The molecule has 2 aliphatic rings. The zero-order valence-corrected chi connectivity index (χ0v) is 13.7. The number of unbranched alkanes of at least 4 members (excludes halogenated alkanes) is 1. The summed E-state index contributed by atoms with van der Waals surface area (Å²) in [5, 5.41) is 3.58. The Balaban J connectivity index is 2.07. The summed E-state index contributed by atoms with van der Waals surface area (Å²) in [6.45, 7) is 9.02.